The summed E-state index contributed by atoms with van der Waals surface area (Å²) in [7, 11) is 0. The summed E-state index contributed by atoms with van der Waals surface area (Å²) >= 11 is 0. The normalized spacial score (nSPS) is 9.59. The molecule has 0 amide bonds. The van der Waals surface area contributed by atoms with E-state index in [1.807, 2.05) is 6.07 Å². The van der Waals surface area contributed by atoms with Gasteiger partial charge in [-0.2, -0.15) is 5.26 Å². The van der Waals surface area contributed by atoms with Gasteiger partial charge < -0.3 is 5.11 Å². The standard InChI is InChI=1S/C12H7N3O2/c13-5-8-1-3-9(4-2-8)10-6-14-7-11(15-10)12(16)17/h1-4,6-7H,(H,16,17). The van der Waals surface area contributed by atoms with E-state index in [1.165, 1.54) is 12.4 Å². The van der Waals surface area contributed by atoms with Crippen molar-refractivity contribution >= 4 is 5.97 Å². The monoisotopic (exact) mass is 225 g/mol. The van der Waals surface area contributed by atoms with Gasteiger partial charge in [-0.1, -0.05) is 12.1 Å². The SMILES string of the molecule is N#Cc1ccc(-c2cncc(C(=O)O)n2)cc1. The molecule has 0 bridgehead atoms. The second-order valence-corrected chi connectivity index (χ2v) is 3.28. The minimum absolute atomic E-state index is 0.105. The summed E-state index contributed by atoms with van der Waals surface area (Å²) in [5, 5.41) is 17.5. The van der Waals surface area contributed by atoms with Crippen LogP contribution in [0.2, 0.25) is 0 Å². The summed E-state index contributed by atoms with van der Waals surface area (Å²) in [6, 6.07) is 8.70. The van der Waals surface area contributed by atoms with Gasteiger partial charge in [0.15, 0.2) is 5.69 Å². The Bertz CT molecular complexity index is 600. The zero-order chi connectivity index (χ0) is 12.3. The van der Waals surface area contributed by atoms with Crippen molar-refractivity contribution < 1.29 is 9.90 Å². The van der Waals surface area contributed by atoms with Gasteiger partial charge in [0.05, 0.1) is 29.7 Å². The number of aromatic nitrogens is 2. The number of nitriles is 1. The largest absolute Gasteiger partial charge is 0.476 e. The van der Waals surface area contributed by atoms with Crippen LogP contribution in [0.5, 0.6) is 0 Å². The van der Waals surface area contributed by atoms with Crippen LogP contribution in [0.15, 0.2) is 36.7 Å². The van der Waals surface area contributed by atoms with Crippen molar-refractivity contribution in [3.8, 4) is 17.3 Å². The topological polar surface area (TPSA) is 86.9 Å². The highest BCUT2D eigenvalue weighted by Gasteiger charge is 2.07. The summed E-state index contributed by atoms with van der Waals surface area (Å²) in [5.74, 6) is -1.12. The highest BCUT2D eigenvalue weighted by atomic mass is 16.4. The molecule has 0 aliphatic rings. The maximum Gasteiger partial charge on any atom is 0.356 e. The first-order valence-electron chi connectivity index (χ1n) is 4.76. The van der Waals surface area contributed by atoms with E-state index >= 15 is 0 Å². The number of aromatic carboxylic acids is 1. The lowest BCUT2D eigenvalue weighted by Crippen LogP contribution is -2.01. The average molecular weight is 225 g/mol. The highest BCUT2D eigenvalue weighted by molar-refractivity contribution is 5.85. The quantitative estimate of drug-likeness (QED) is 0.840. The molecule has 2 rings (SSSR count). The minimum atomic E-state index is -1.12. The molecule has 0 atom stereocenters. The highest BCUT2D eigenvalue weighted by Crippen LogP contribution is 2.16. The van der Waals surface area contributed by atoms with Crippen LogP contribution in [0.25, 0.3) is 11.3 Å². The fourth-order valence-electron chi connectivity index (χ4n) is 1.32. The Labute approximate surface area is 97.0 Å². The Morgan fingerprint density at radius 2 is 1.94 bits per heavy atom. The Balaban J connectivity index is 2.42. The smallest absolute Gasteiger partial charge is 0.356 e. The van der Waals surface area contributed by atoms with Crippen LogP contribution in [-0.4, -0.2) is 21.0 Å². The molecule has 1 aromatic carbocycles. The molecule has 0 aliphatic heterocycles. The number of carbonyl (C=O) groups is 1. The molecule has 0 saturated carbocycles. The van der Waals surface area contributed by atoms with Gasteiger partial charge in [0.2, 0.25) is 0 Å². The van der Waals surface area contributed by atoms with Crippen LogP contribution in [0.3, 0.4) is 0 Å². The van der Waals surface area contributed by atoms with Crippen molar-refractivity contribution in [2.45, 2.75) is 0 Å². The van der Waals surface area contributed by atoms with E-state index in [9.17, 15) is 4.79 Å². The van der Waals surface area contributed by atoms with Gasteiger partial charge in [0.1, 0.15) is 0 Å². The van der Waals surface area contributed by atoms with E-state index in [4.69, 9.17) is 10.4 Å². The second-order valence-electron chi connectivity index (χ2n) is 3.28. The molecule has 2 aromatic rings. The molecule has 0 radical (unpaired) electrons. The Morgan fingerprint density at radius 1 is 1.24 bits per heavy atom. The number of hydrogen-bond acceptors (Lipinski definition) is 4. The van der Waals surface area contributed by atoms with Gasteiger partial charge in [0, 0.05) is 5.56 Å². The van der Waals surface area contributed by atoms with Gasteiger partial charge in [-0.05, 0) is 12.1 Å². The van der Waals surface area contributed by atoms with Crippen molar-refractivity contribution in [1.82, 2.24) is 9.97 Å². The lowest BCUT2D eigenvalue weighted by Gasteiger charge is -2.01. The molecule has 0 saturated heterocycles. The van der Waals surface area contributed by atoms with Crippen molar-refractivity contribution in [2.24, 2.45) is 0 Å². The lowest BCUT2D eigenvalue weighted by molar-refractivity contribution is 0.0690. The minimum Gasteiger partial charge on any atom is -0.476 e. The van der Waals surface area contributed by atoms with Crippen LogP contribution < -0.4 is 0 Å². The molecule has 1 aromatic heterocycles. The van der Waals surface area contributed by atoms with Crippen molar-refractivity contribution in [3.05, 3.63) is 47.9 Å². The molecule has 0 fully saturated rings. The number of carboxylic acid groups (broad SMARTS) is 1. The zero-order valence-electron chi connectivity index (χ0n) is 8.66. The molecule has 0 spiro atoms. The molecule has 0 unspecified atom stereocenters. The molecule has 0 aliphatic carbocycles. The second kappa shape index (κ2) is 4.41. The lowest BCUT2D eigenvalue weighted by atomic mass is 10.1. The van der Waals surface area contributed by atoms with Crippen LogP contribution >= 0.6 is 0 Å². The molecule has 1 heterocycles. The van der Waals surface area contributed by atoms with E-state index < -0.39 is 5.97 Å². The summed E-state index contributed by atoms with van der Waals surface area (Å²) < 4.78 is 0. The fourth-order valence-corrected chi connectivity index (χ4v) is 1.32. The Hall–Kier alpha value is -2.74. The van der Waals surface area contributed by atoms with E-state index in [0.29, 0.717) is 11.3 Å². The van der Waals surface area contributed by atoms with E-state index in [0.717, 1.165) is 5.56 Å². The van der Waals surface area contributed by atoms with Gasteiger partial charge >= 0.3 is 5.97 Å². The maximum absolute atomic E-state index is 10.7. The first-order valence-corrected chi connectivity index (χ1v) is 4.76. The number of carboxylic acids is 1. The van der Waals surface area contributed by atoms with Gasteiger partial charge in [-0.25, -0.2) is 9.78 Å². The van der Waals surface area contributed by atoms with Crippen LogP contribution in [0, 0.1) is 11.3 Å². The average Bonchev–Trinajstić information content (AvgIpc) is 2.39. The van der Waals surface area contributed by atoms with Crippen LogP contribution in [0.4, 0.5) is 0 Å². The number of rotatable bonds is 2. The van der Waals surface area contributed by atoms with Gasteiger partial charge in [0.25, 0.3) is 0 Å². The third-order valence-corrected chi connectivity index (χ3v) is 2.16. The van der Waals surface area contributed by atoms with E-state index in [1.54, 1.807) is 24.3 Å². The van der Waals surface area contributed by atoms with E-state index in [2.05, 4.69) is 9.97 Å². The van der Waals surface area contributed by atoms with Gasteiger partial charge in [-0.3, -0.25) is 4.98 Å². The van der Waals surface area contributed by atoms with E-state index in [-0.39, 0.29) is 5.69 Å². The number of benzene rings is 1. The summed E-state index contributed by atoms with van der Waals surface area (Å²) in [4.78, 5) is 18.5. The van der Waals surface area contributed by atoms with Gasteiger partial charge in [-0.15, -0.1) is 0 Å². The zero-order valence-corrected chi connectivity index (χ0v) is 8.66. The van der Waals surface area contributed by atoms with Crippen LogP contribution in [0.1, 0.15) is 16.1 Å². The number of hydrogen-bond donors (Lipinski definition) is 1. The third-order valence-electron chi connectivity index (χ3n) is 2.16. The third kappa shape index (κ3) is 2.26. The predicted octanol–water partition coefficient (Wildman–Crippen LogP) is 1.71. The number of nitrogens with zero attached hydrogens (tertiary/aromatic N) is 3. The molecule has 5 nitrogen and oxygen atoms in total. The summed E-state index contributed by atoms with van der Waals surface area (Å²) in [6.07, 6.45) is 2.67. The first kappa shape index (κ1) is 10.8. The molecular weight excluding hydrogens is 218 g/mol. The molecule has 17 heavy (non-hydrogen) atoms. The van der Waals surface area contributed by atoms with Crippen molar-refractivity contribution in [2.75, 3.05) is 0 Å². The van der Waals surface area contributed by atoms with Crippen molar-refractivity contribution in [1.29, 1.82) is 5.26 Å². The van der Waals surface area contributed by atoms with Crippen LogP contribution in [-0.2, 0) is 0 Å². The van der Waals surface area contributed by atoms with Crippen molar-refractivity contribution in [3.63, 3.8) is 0 Å². The molecule has 82 valence electrons. The Morgan fingerprint density at radius 3 is 2.53 bits per heavy atom. The predicted molar refractivity (Wildman–Crippen MR) is 59.1 cm³/mol. The molecule has 1 N–H and O–H groups in total. The maximum atomic E-state index is 10.7. The summed E-state index contributed by atoms with van der Waals surface area (Å²) in [5.41, 5.74) is 1.62. The Kier molecular flexibility index (Phi) is 2.79. The molecular formula is C12H7N3O2. The fraction of sp³-hybridized carbons (Fsp3) is 0. The molecule has 5 heteroatoms. The first-order chi connectivity index (χ1) is 8.20. The summed E-state index contributed by atoms with van der Waals surface area (Å²) in [6.45, 7) is 0.